The summed E-state index contributed by atoms with van der Waals surface area (Å²) in [5.41, 5.74) is 1.89. The summed E-state index contributed by atoms with van der Waals surface area (Å²) in [5.74, 6) is 0.835. The molecule has 0 spiro atoms. The van der Waals surface area contributed by atoms with Crippen LogP contribution in [0.5, 0.6) is 0 Å². The van der Waals surface area contributed by atoms with Gasteiger partial charge in [0, 0.05) is 12.6 Å². The van der Waals surface area contributed by atoms with Crippen molar-refractivity contribution in [1.82, 2.24) is 9.97 Å². The van der Waals surface area contributed by atoms with Gasteiger partial charge in [-0.1, -0.05) is 0 Å². The molecule has 4 nitrogen and oxygen atoms in total. The van der Waals surface area contributed by atoms with Gasteiger partial charge in [-0.15, -0.1) is 0 Å². The third kappa shape index (κ3) is 2.89. The number of hydrogen-bond donors (Lipinski definition) is 1. The Morgan fingerprint density at radius 3 is 2.47 bits per heavy atom. The molecule has 1 N–H and O–H groups in total. The molecule has 0 aliphatic carbocycles. The molecule has 84 valence electrons. The molecule has 4 heteroatoms. The molecule has 0 unspecified atom stereocenters. The fourth-order valence-corrected chi connectivity index (χ4v) is 1.41. The molecule has 0 bridgehead atoms. The molecule has 1 rings (SSSR count). The van der Waals surface area contributed by atoms with E-state index in [1.165, 1.54) is 0 Å². The Labute approximate surface area is 91.0 Å². The van der Waals surface area contributed by atoms with Gasteiger partial charge >= 0.3 is 0 Å². The summed E-state index contributed by atoms with van der Waals surface area (Å²) in [6.07, 6.45) is 1.76. The molecule has 0 atom stereocenters. The van der Waals surface area contributed by atoms with Crippen LogP contribution in [-0.4, -0.2) is 34.3 Å². The summed E-state index contributed by atoms with van der Waals surface area (Å²) in [5, 5.41) is 8.98. The van der Waals surface area contributed by atoms with Gasteiger partial charge in [0.1, 0.15) is 5.82 Å². The van der Waals surface area contributed by atoms with E-state index in [9.17, 15) is 0 Å². The Balaban J connectivity index is 2.95. The van der Waals surface area contributed by atoms with Gasteiger partial charge in [0.2, 0.25) is 0 Å². The standard InChI is InChI=1S/C11H19N3O/c1-8(2)14(5-6-15)11-7-12-9(3)10(4)13-11/h7-8,15H,5-6H2,1-4H3. The number of anilines is 1. The van der Waals surface area contributed by atoms with Gasteiger partial charge in [0.05, 0.1) is 24.2 Å². The van der Waals surface area contributed by atoms with Crippen molar-refractivity contribution in [3.63, 3.8) is 0 Å². The third-order valence-corrected chi connectivity index (χ3v) is 2.44. The average molecular weight is 209 g/mol. The number of hydrogen-bond acceptors (Lipinski definition) is 4. The summed E-state index contributed by atoms with van der Waals surface area (Å²) in [6, 6.07) is 0.313. The van der Waals surface area contributed by atoms with E-state index in [0.29, 0.717) is 12.6 Å². The van der Waals surface area contributed by atoms with Crippen LogP contribution in [0.4, 0.5) is 5.82 Å². The van der Waals surface area contributed by atoms with Crippen LogP contribution < -0.4 is 4.90 Å². The first-order valence-corrected chi connectivity index (χ1v) is 5.24. The minimum Gasteiger partial charge on any atom is -0.395 e. The van der Waals surface area contributed by atoms with Crippen LogP contribution in [0.3, 0.4) is 0 Å². The summed E-state index contributed by atoms with van der Waals surface area (Å²) in [7, 11) is 0. The van der Waals surface area contributed by atoms with Crippen LogP contribution >= 0.6 is 0 Å². The molecule has 0 saturated heterocycles. The van der Waals surface area contributed by atoms with E-state index >= 15 is 0 Å². The number of aliphatic hydroxyl groups is 1. The Hall–Kier alpha value is -1.16. The van der Waals surface area contributed by atoms with Gasteiger partial charge < -0.3 is 10.0 Å². The monoisotopic (exact) mass is 209 g/mol. The van der Waals surface area contributed by atoms with Crippen molar-refractivity contribution < 1.29 is 5.11 Å². The highest BCUT2D eigenvalue weighted by Crippen LogP contribution is 2.14. The van der Waals surface area contributed by atoms with Gasteiger partial charge in [-0.3, -0.25) is 4.98 Å². The van der Waals surface area contributed by atoms with E-state index in [2.05, 4.69) is 23.8 Å². The van der Waals surface area contributed by atoms with Crippen molar-refractivity contribution in [2.45, 2.75) is 33.7 Å². The molecule has 0 radical (unpaired) electrons. The summed E-state index contributed by atoms with van der Waals surface area (Å²) >= 11 is 0. The zero-order chi connectivity index (χ0) is 11.4. The van der Waals surface area contributed by atoms with Crippen LogP contribution in [0.2, 0.25) is 0 Å². The van der Waals surface area contributed by atoms with Crippen molar-refractivity contribution in [2.24, 2.45) is 0 Å². The molecule has 15 heavy (non-hydrogen) atoms. The molecule has 1 aromatic heterocycles. The normalized spacial score (nSPS) is 10.8. The van der Waals surface area contributed by atoms with Gasteiger partial charge in [0.15, 0.2) is 0 Å². The molecule has 1 heterocycles. The predicted octanol–water partition coefficient (Wildman–Crippen LogP) is 1.30. The summed E-state index contributed by atoms with van der Waals surface area (Å²) in [6.45, 7) is 8.77. The number of aryl methyl sites for hydroxylation is 2. The number of rotatable bonds is 4. The molecule has 0 aliphatic rings. The first-order valence-electron chi connectivity index (χ1n) is 5.24. The van der Waals surface area contributed by atoms with E-state index in [4.69, 9.17) is 5.11 Å². The molecule has 0 fully saturated rings. The highest BCUT2D eigenvalue weighted by atomic mass is 16.3. The van der Waals surface area contributed by atoms with Crippen LogP contribution in [0.15, 0.2) is 6.20 Å². The zero-order valence-corrected chi connectivity index (χ0v) is 9.86. The van der Waals surface area contributed by atoms with Crippen LogP contribution in [-0.2, 0) is 0 Å². The van der Waals surface area contributed by atoms with Crippen LogP contribution in [0.1, 0.15) is 25.2 Å². The maximum absolute atomic E-state index is 8.98. The molecule has 0 aliphatic heterocycles. The van der Waals surface area contributed by atoms with E-state index in [-0.39, 0.29) is 6.61 Å². The Bertz CT molecular complexity index is 326. The lowest BCUT2D eigenvalue weighted by Gasteiger charge is -2.27. The van der Waals surface area contributed by atoms with Gasteiger partial charge in [-0.2, -0.15) is 0 Å². The minimum absolute atomic E-state index is 0.132. The highest BCUT2D eigenvalue weighted by Gasteiger charge is 2.12. The van der Waals surface area contributed by atoms with Crippen molar-refractivity contribution in [2.75, 3.05) is 18.1 Å². The van der Waals surface area contributed by atoms with Gasteiger partial charge in [0.25, 0.3) is 0 Å². The van der Waals surface area contributed by atoms with Crippen molar-refractivity contribution in [3.05, 3.63) is 17.6 Å². The second-order valence-electron chi connectivity index (χ2n) is 3.91. The maximum atomic E-state index is 8.98. The third-order valence-electron chi connectivity index (χ3n) is 2.44. The molecule has 0 saturated carbocycles. The fraction of sp³-hybridized carbons (Fsp3) is 0.636. The molecule has 0 aromatic carbocycles. The van der Waals surface area contributed by atoms with Gasteiger partial charge in [-0.25, -0.2) is 4.98 Å². The van der Waals surface area contributed by atoms with Crippen molar-refractivity contribution >= 4 is 5.82 Å². The lowest BCUT2D eigenvalue weighted by molar-refractivity contribution is 0.298. The smallest absolute Gasteiger partial charge is 0.147 e. The maximum Gasteiger partial charge on any atom is 0.147 e. The van der Waals surface area contributed by atoms with E-state index in [0.717, 1.165) is 17.2 Å². The number of aromatic nitrogens is 2. The molecule has 1 aromatic rings. The first kappa shape index (κ1) is 11.9. The van der Waals surface area contributed by atoms with Crippen molar-refractivity contribution in [1.29, 1.82) is 0 Å². The second-order valence-corrected chi connectivity index (χ2v) is 3.91. The first-order chi connectivity index (χ1) is 7.06. The molecular formula is C11H19N3O. The van der Waals surface area contributed by atoms with Crippen LogP contribution in [0.25, 0.3) is 0 Å². The van der Waals surface area contributed by atoms with Gasteiger partial charge in [-0.05, 0) is 27.7 Å². The van der Waals surface area contributed by atoms with E-state index < -0.39 is 0 Å². The van der Waals surface area contributed by atoms with Crippen LogP contribution in [0, 0.1) is 13.8 Å². The number of aliphatic hydroxyl groups excluding tert-OH is 1. The fourth-order valence-electron chi connectivity index (χ4n) is 1.41. The zero-order valence-electron chi connectivity index (χ0n) is 9.86. The second kappa shape index (κ2) is 5.07. The number of nitrogens with zero attached hydrogens (tertiary/aromatic N) is 3. The summed E-state index contributed by atoms with van der Waals surface area (Å²) in [4.78, 5) is 10.8. The minimum atomic E-state index is 0.132. The lowest BCUT2D eigenvalue weighted by atomic mass is 10.3. The predicted molar refractivity (Wildman–Crippen MR) is 61.1 cm³/mol. The lowest BCUT2D eigenvalue weighted by Crippen LogP contribution is -2.34. The van der Waals surface area contributed by atoms with E-state index in [1.807, 2.05) is 18.7 Å². The quantitative estimate of drug-likeness (QED) is 0.812. The average Bonchev–Trinajstić information content (AvgIpc) is 2.18. The molecular weight excluding hydrogens is 190 g/mol. The summed E-state index contributed by atoms with van der Waals surface area (Å²) < 4.78 is 0. The topological polar surface area (TPSA) is 49.2 Å². The van der Waals surface area contributed by atoms with Crippen molar-refractivity contribution in [3.8, 4) is 0 Å². The Morgan fingerprint density at radius 1 is 1.33 bits per heavy atom. The highest BCUT2D eigenvalue weighted by molar-refractivity contribution is 5.38. The molecule has 0 amide bonds. The Kier molecular flexibility index (Phi) is 4.03. The Morgan fingerprint density at radius 2 is 2.00 bits per heavy atom. The largest absolute Gasteiger partial charge is 0.395 e. The SMILES string of the molecule is Cc1ncc(N(CCO)C(C)C)nc1C. The van der Waals surface area contributed by atoms with E-state index in [1.54, 1.807) is 6.20 Å².